The summed E-state index contributed by atoms with van der Waals surface area (Å²) in [5, 5.41) is 1.07. The van der Waals surface area contributed by atoms with E-state index in [-0.39, 0.29) is 24.7 Å². The molecule has 1 amide bonds. The van der Waals surface area contributed by atoms with Crippen LogP contribution >= 0.6 is 23.1 Å². The highest BCUT2D eigenvalue weighted by Gasteiger charge is 2.31. The minimum Gasteiger partial charge on any atom is -0.307 e. The molecule has 0 saturated carbocycles. The van der Waals surface area contributed by atoms with Crippen molar-refractivity contribution < 1.29 is 13.3 Å². The molecule has 4 rings (SSSR count). The molecular weight excluding hydrogens is 399 g/mol. The molecular formula is C20H17ClFN4OS+. The number of benzene rings is 2. The number of carbonyl (C=O) groups is 1. The summed E-state index contributed by atoms with van der Waals surface area (Å²) in [6, 6.07) is 12.4. The number of nitrogens with two attached hydrogens (primary N) is 1. The van der Waals surface area contributed by atoms with Gasteiger partial charge in [0.2, 0.25) is 5.91 Å². The van der Waals surface area contributed by atoms with Crippen LogP contribution in [0.25, 0.3) is 10.6 Å². The van der Waals surface area contributed by atoms with Crippen molar-refractivity contribution in [3.63, 3.8) is 0 Å². The Kier molecular flexibility index (Phi) is 4.87. The van der Waals surface area contributed by atoms with Gasteiger partial charge >= 0.3 is 6.33 Å². The van der Waals surface area contributed by atoms with Gasteiger partial charge in [-0.1, -0.05) is 46.0 Å². The summed E-state index contributed by atoms with van der Waals surface area (Å²) in [5.74, 6) is 5.30. The van der Waals surface area contributed by atoms with Gasteiger partial charge < -0.3 is 4.90 Å². The normalized spacial score (nSPS) is 14.2. The average molecular weight is 416 g/mol. The second-order valence-corrected chi connectivity index (χ2v) is 7.92. The predicted octanol–water partition coefficient (Wildman–Crippen LogP) is 3.64. The maximum Gasteiger partial charge on any atom is 0.322 e. The Morgan fingerprint density at radius 3 is 2.82 bits per heavy atom. The minimum atomic E-state index is -0.291. The van der Waals surface area contributed by atoms with Crippen molar-refractivity contribution in [1.29, 1.82) is 0 Å². The van der Waals surface area contributed by atoms with Crippen molar-refractivity contribution in [3.8, 4) is 0 Å². The molecule has 0 fully saturated rings. The van der Waals surface area contributed by atoms with Crippen LogP contribution in [0.15, 0.2) is 48.8 Å². The number of amides is 1. The van der Waals surface area contributed by atoms with Crippen LogP contribution in [0.2, 0.25) is 0 Å². The first kappa shape index (κ1) is 18.6. The second-order valence-electron chi connectivity index (χ2n) is 6.55. The van der Waals surface area contributed by atoms with Crippen LogP contribution < -0.4 is 14.8 Å². The van der Waals surface area contributed by atoms with Crippen LogP contribution in [0.3, 0.4) is 0 Å². The van der Waals surface area contributed by atoms with Gasteiger partial charge in [-0.3, -0.25) is 10.6 Å². The lowest BCUT2D eigenvalue weighted by Gasteiger charge is -2.23. The van der Waals surface area contributed by atoms with Crippen LogP contribution in [0.1, 0.15) is 28.1 Å². The lowest BCUT2D eigenvalue weighted by atomic mass is 10.1. The third-order valence-electron chi connectivity index (χ3n) is 4.64. The number of anilines is 1. The Balaban J connectivity index is 1.78. The summed E-state index contributed by atoms with van der Waals surface area (Å²) in [7, 11) is 0. The minimum absolute atomic E-state index is 0.0787. The van der Waals surface area contributed by atoms with Gasteiger partial charge in [0.05, 0.1) is 23.7 Å². The number of hydrogen-bond donors (Lipinski definition) is 1. The van der Waals surface area contributed by atoms with Crippen molar-refractivity contribution in [2.45, 2.75) is 19.9 Å². The number of halogens is 2. The molecule has 1 aliphatic heterocycles. The zero-order valence-electron chi connectivity index (χ0n) is 15.0. The fourth-order valence-corrected chi connectivity index (χ4v) is 4.21. The monoisotopic (exact) mass is 415 g/mol. The van der Waals surface area contributed by atoms with Crippen molar-refractivity contribution in [3.05, 3.63) is 76.3 Å². The van der Waals surface area contributed by atoms with Gasteiger partial charge in [0.25, 0.3) is 5.01 Å². The van der Waals surface area contributed by atoms with Crippen LogP contribution in [-0.4, -0.2) is 10.9 Å². The van der Waals surface area contributed by atoms with E-state index in [0.717, 1.165) is 5.56 Å². The highest BCUT2D eigenvalue weighted by Crippen LogP contribution is 2.41. The van der Waals surface area contributed by atoms with Crippen molar-refractivity contribution in [1.82, 2.24) is 4.98 Å². The van der Waals surface area contributed by atoms with Gasteiger partial charge in [0.15, 0.2) is 0 Å². The quantitative estimate of drug-likeness (QED) is 0.524. The Labute approximate surface area is 170 Å². The third kappa shape index (κ3) is 3.39. The van der Waals surface area contributed by atoms with Crippen LogP contribution in [-0.2, 0) is 11.3 Å². The Morgan fingerprint density at radius 1 is 1.32 bits per heavy atom. The van der Waals surface area contributed by atoms with E-state index in [1.807, 2.05) is 30.3 Å². The van der Waals surface area contributed by atoms with E-state index in [4.69, 9.17) is 17.4 Å². The maximum atomic E-state index is 14.0. The topological polar surface area (TPSA) is 63.1 Å². The number of fused-ring (bicyclic) bond motifs is 1. The number of para-hydroxylation sites is 1. The first-order valence-corrected chi connectivity index (χ1v) is 9.76. The van der Waals surface area contributed by atoms with Crippen molar-refractivity contribution in [2.75, 3.05) is 10.7 Å². The van der Waals surface area contributed by atoms with Gasteiger partial charge in [-0.15, -0.1) is 0 Å². The summed E-state index contributed by atoms with van der Waals surface area (Å²) in [5.41, 5.74) is 3.32. The molecule has 0 spiro atoms. The molecule has 28 heavy (non-hydrogen) atoms. The number of nitrogens with zero attached hydrogens (tertiary/aromatic N) is 3. The zero-order chi connectivity index (χ0) is 19.8. The fraction of sp³-hybridized carbons (Fsp3) is 0.150. The number of carbonyl (C=O) groups excluding carboxylic acids is 1. The van der Waals surface area contributed by atoms with Crippen LogP contribution in [0.5, 0.6) is 0 Å². The highest BCUT2D eigenvalue weighted by atomic mass is 35.5. The fourth-order valence-electron chi connectivity index (χ4n) is 3.17. The predicted molar refractivity (Wildman–Crippen MR) is 109 cm³/mol. The molecule has 2 N–H and O–H groups in total. The Morgan fingerprint density at radius 2 is 2.11 bits per heavy atom. The Hall–Kier alpha value is -2.77. The first-order chi connectivity index (χ1) is 13.4. The van der Waals surface area contributed by atoms with Crippen LogP contribution in [0, 0.1) is 12.7 Å². The van der Waals surface area contributed by atoms with Gasteiger partial charge in [0.1, 0.15) is 17.3 Å². The average Bonchev–Trinajstić information content (AvgIpc) is 3.08. The summed E-state index contributed by atoms with van der Waals surface area (Å²) >= 11 is 7.91. The molecule has 0 atom stereocenters. The largest absolute Gasteiger partial charge is 0.322 e. The molecule has 5 nitrogen and oxygen atoms in total. The van der Waals surface area contributed by atoms with Crippen LogP contribution in [0.4, 0.5) is 10.1 Å². The molecule has 2 aromatic carbocycles. The molecule has 8 heteroatoms. The molecule has 0 bridgehead atoms. The third-order valence-corrected chi connectivity index (χ3v) is 5.90. The molecule has 0 aliphatic carbocycles. The van der Waals surface area contributed by atoms with E-state index in [9.17, 15) is 9.18 Å². The number of rotatable bonds is 3. The van der Waals surface area contributed by atoms with E-state index in [2.05, 4.69) is 4.98 Å². The molecule has 1 aromatic heterocycles. The summed E-state index contributed by atoms with van der Waals surface area (Å²) < 4.78 is 15.4. The maximum absolute atomic E-state index is 14.0. The summed E-state index contributed by atoms with van der Waals surface area (Å²) in [6.45, 7) is 1.96. The smallest absolute Gasteiger partial charge is 0.307 e. The lowest BCUT2D eigenvalue weighted by molar-refractivity contribution is -0.568. The second kappa shape index (κ2) is 7.33. The molecule has 142 valence electrons. The first-order valence-electron chi connectivity index (χ1n) is 8.61. The zero-order valence-corrected chi connectivity index (χ0v) is 16.6. The molecule has 0 unspecified atom stereocenters. The van der Waals surface area contributed by atoms with E-state index >= 15 is 0 Å². The summed E-state index contributed by atoms with van der Waals surface area (Å²) in [4.78, 5) is 19.0. The molecule has 3 aromatic rings. The van der Waals surface area contributed by atoms with Gasteiger partial charge in [-0.05, 0) is 35.2 Å². The van der Waals surface area contributed by atoms with E-state index in [1.54, 1.807) is 17.9 Å². The number of aryl methyl sites for hydroxylation is 1. The number of hydrogen-bond acceptors (Lipinski definition) is 4. The Bertz CT molecular complexity index is 1110. The van der Waals surface area contributed by atoms with E-state index in [1.165, 1.54) is 28.0 Å². The summed E-state index contributed by atoms with van der Waals surface area (Å²) in [6.07, 6.45) is 1.56. The van der Waals surface area contributed by atoms with Crippen molar-refractivity contribution in [2.24, 2.45) is 0 Å². The molecule has 0 saturated heterocycles. The molecule has 1 aliphatic rings. The molecule has 0 radical (unpaired) electrons. The van der Waals surface area contributed by atoms with Gasteiger partial charge in [-0.25, -0.2) is 4.39 Å². The van der Waals surface area contributed by atoms with E-state index < -0.39 is 0 Å². The SMILES string of the molecule is Cc1ccc(CN2C(=O)CC(c3nc[n+](N)s3)=C(Cl)c3ccccc32)cc1F. The van der Waals surface area contributed by atoms with E-state index in [0.29, 0.717) is 32.4 Å². The number of nitrogen functional groups attached to an aromatic ring is 1. The van der Waals surface area contributed by atoms with Gasteiger partial charge in [0, 0.05) is 11.1 Å². The highest BCUT2D eigenvalue weighted by molar-refractivity contribution is 7.03. The molecule has 2 heterocycles. The van der Waals surface area contributed by atoms with Crippen molar-refractivity contribution >= 4 is 45.3 Å². The lowest BCUT2D eigenvalue weighted by Crippen LogP contribution is -2.38. The van der Waals surface area contributed by atoms with Gasteiger partial charge in [-0.2, -0.15) is 0 Å². The number of aromatic nitrogens is 2. The standard InChI is InChI=1S/C20H17ClFN4OS/c1-12-6-7-13(8-16(12)22)10-25-17-5-3-2-4-14(17)19(21)15(9-18(25)27)20-24-11-26(23)28-20/h2-8,11H,9-10,23H2,1H3/q+1.